The van der Waals surface area contributed by atoms with Gasteiger partial charge in [0.2, 0.25) is 5.91 Å². The molecule has 1 aromatic rings. The van der Waals surface area contributed by atoms with Crippen molar-refractivity contribution in [1.82, 2.24) is 4.90 Å². The molecule has 0 bridgehead atoms. The molecule has 1 saturated heterocycles. The molecular formula is C16H24N2O2. The van der Waals surface area contributed by atoms with Crippen LogP contribution in [-0.4, -0.2) is 42.6 Å². The Kier molecular flexibility index (Phi) is 4.78. The molecule has 1 amide bonds. The lowest BCUT2D eigenvalue weighted by Gasteiger charge is -2.43. The van der Waals surface area contributed by atoms with Crippen molar-refractivity contribution in [2.75, 3.05) is 26.3 Å². The molecule has 2 N–H and O–H groups in total. The lowest BCUT2D eigenvalue weighted by molar-refractivity contribution is -0.150. The number of ether oxygens (including phenoxy) is 1. The topological polar surface area (TPSA) is 55.6 Å². The summed E-state index contributed by atoms with van der Waals surface area (Å²) in [7, 11) is 0. The molecule has 1 aliphatic heterocycles. The number of rotatable bonds is 4. The number of carbonyl (C=O) groups is 1. The van der Waals surface area contributed by atoms with Crippen molar-refractivity contribution in [2.45, 2.75) is 25.8 Å². The number of carbonyl (C=O) groups excluding carboxylic acids is 1. The van der Waals surface area contributed by atoms with Crippen LogP contribution in [0.25, 0.3) is 0 Å². The summed E-state index contributed by atoms with van der Waals surface area (Å²) in [5.41, 5.74) is 6.74. The molecule has 2 rings (SSSR count). The van der Waals surface area contributed by atoms with Crippen LogP contribution in [0.5, 0.6) is 0 Å². The van der Waals surface area contributed by atoms with E-state index in [4.69, 9.17) is 10.5 Å². The van der Waals surface area contributed by atoms with E-state index in [1.807, 2.05) is 49.1 Å². The van der Waals surface area contributed by atoms with E-state index >= 15 is 0 Å². The normalized spacial score (nSPS) is 19.6. The molecule has 1 unspecified atom stereocenters. The molecule has 110 valence electrons. The molecule has 0 aromatic heterocycles. The van der Waals surface area contributed by atoms with Gasteiger partial charge in [-0.1, -0.05) is 30.3 Å². The minimum atomic E-state index is -0.251. The summed E-state index contributed by atoms with van der Waals surface area (Å²) in [4.78, 5) is 14.7. The summed E-state index contributed by atoms with van der Waals surface area (Å²) in [6.45, 7) is 6.30. The molecule has 4 heteroatoms. The predicted octanol–water partition coefficient (Wildman–Crippen LogP) is 1.44. The third kappa shape index (κ3) is 3.38. The van der Waals surface area contributed by atoms with E-state index in [0.717, 1.165) is 5.56 Å². The summed E-state index contributed by atoms with van der Waals surface area (Å²) < 4.78 is 5.47. The molecule has 1 fully saturated rings. The maximum atomic E-state index is 12.7. The Bertz CT molecular complexity index is 445. The lowest BCUT2D eigenvalue weighted by atomic mass is 9.94. The fourth-order valence-electron chi connectivity index (χ4n) is 2.66. The first-order valence-electron chi connectivity index (χ1n) is 7.18. The molecule has 20 heavy (non-hydrogen) atoms. The van der Waals surface area contributed by atoms with Crippen molar-refractivity contribution in [1.29, 1.82) is 0 Å². The van der Waals surface area contributed by atoms with E-state index < -0.39 is 0 Å². The summed E-state index contributed by atoms with van der Waals surface area (Å²) >= 11 is 0. The van der Waals surface area contributed by atoms with Crippen LogP contribution in [0.15, 0.2) is 30.3 Å². The highest BCUT2D eigenvalue weighted by atomic mass is 16.5. The third-order valence-corrected chi connectivity index (χ3v) is 3.87. The van der Waals surface area contributed by atoms with Crippen molar-refractivity contribution in [3.8, 4) is 0 Å². The van der Waals surface area contributed by atoms with Gasteiger partial charge in [0.25, 0.3) is 0 Å². The highest BCUT2D eigenvalue weighted by Gasteiger charge is 2.36. The van der Waals surface area contributed by atoms with Crippen molar-refractivity contribution in [3.63, 3.8) is 0 Å². The second-order valence-corrected chi connectivity index (χ2v) is 5.98. The summed E-state index contributed by atoms with van der Waals surface area (Å²) in [6.07, 6.45) is 0.698. The van der Waals surface area contributed by atoms with Crippen LogP contribution in [-0.2, 0) is 16.0 Å². The van der Waals surface area contributed by atoms with Gasteiger partial charge < -0.3 is 15.4 Å². The SMILES string of the molecule is CC1(C)COCCN1C(=O)C(CN)Cc1ccccc1. The first-order valence-corrected chi connectivity index (χ1v) is 7.18. The number of hydrogen-bond donors (Lipinski definition) is 1. The van der Waals surface area contributed by atoms with Crippen molar-refractivity contribution in [2.24, 2.45) is 11.7 Å². The maximum absolute atomic E-state index is 12.7. The van der Waals surface area contributed by atoms with Gasteiger partial charge >= 0.3 is 0 Å². The molecule has 0 aliphatic carbocycles. The zero-order valence-corrected chi connectivity index (χ0v) is 12.3. The largest absolute Gasteiger partial charge is 0.377 e. The van der Waals surface area contributed by atoms with Crippen LogP contribution in [0, 0.1) is 5.92 Å². The number of amides is 1. The molecular weight excluding hydrogens is 252 g/mol. The van der Waals surface area contributed by atoms with Crippen molar-refractivity contribution < 1.29 is 9.53 Å². The Labute approximate surface area is 120 Å². The van der Waals surface area contributed by atoms with E-state index in [1.165, 1.54) is 0 Å². The van der Waals surface area contributed by atoms with Gasteiger partial charge in [0, 0.05) is 13.1 Å². The lowest BCUT2D eigenvalue weighted by Crippen LogP contribution is -2.57. The smallest absolute Gasteiger partial charge is 0.227 e. The third-order valence-electron chi connectivity index (χ3n) is 3.87. The highest BCUT2D eigenvalue weighted by molar-refractivity contribution is 5.80. The fourth-order valence-corrected chi connectivity index (χ4v) is 2.66. The van der Waals surface area contributed by atoms with Gasteiger partial charge in [-0.25, -0.2) is 0 Å². The standard InChI is InChI=1S/C16H24N2O2/c1-16(2)12-20-9-8-18(16)15(19)14(11-17)10-13-6-4-3-5-7-13/h3-7,14H,8-12,17H2,1-2H3. The van der Waals surface area contributed by atoms with Crippen LogP contribution in [0.3, 0.4) is 0 Å². The van der Waals surface area contributed by atoms with E-state index in [1.54, 1.807) is 0 Å². The van der Waals surface area contributed by atoms with E-state index in [-0.39, 0.29) is 17.4 Å². The quantitative estimate of drug-likeness (QED) is 0.905. The molecule has 1 atom stereocenters. The van der Waals surface area contributed by atoms with Crippen LogP contribution in [0.2, 0.25) is 0 Å². The summed E-state index contributed by atoms with van der Waals surface area (Å²) in [6, 6.07) is 10.0. The summed E-state index contributed by atoms with van der Waals surface area (Å²) in [5.74, 6) is -0.0144. The molecule has 4 nitrogen and oxygen atoms in total. The van der Waals surface area contributed by atoms with Gasteiger partial charge in [-0.15, -0.1) is 0 Å². The fraction of sp³-hybridized carbons (Fsp3) is 0.562. The van der Waals surface area contributed by atoms with Crippen LogP contribution in [0.4, 0.5) is 0 Å². The van der Waals surface area contributed by atoms with Gasteiger partial charge in [-0.05, 0) is 25.8 Å². The number of benzene rings is 1. The zero-order chi connectivity index (χ0) is 14.6. The maximum Gasteiger partial charge on any atom is 0.227 e. The van der Waals surface area contributed by atoms with Crippen LogP contribution >= 0.6 is 0 Å². The molecule has 0 spiro atoms. The Morgan fingerprint density at radius 1 is 1.40 bits per heavy atom. The Morgan fingerprint density at radius 3 is 2.70 bits per heavy atom. The minimum absolute atomic E-state index is 0.143. The van der Waals surface area contributed by atoms with Crippen molar-refractivity contribution in [3.05, 3.63) is 35.9 Å². The first kappa shape index (κ1) is 15.0. The van der Waals surface area contributed by atoms with Gasteiger partial charge in [-0.3, -0.25) is 4.79 Å². The number of nitrogens with zero attached hydrogens (tertiary/aromatic N) is 1. The molecule has 1 aliphatic rings. The predicted molar refractivity (Wildman–Crippen MR) is 79.3 cm³/mol. The van der Waals surface area contributed by atoms with Gasteiger partial charge in [-0.2, -0.15) is 0 Å². The molecule has 1 aromatic carbocycles. The van der Waals surface area contributed by atoms with Gasteiger partial charge in [0.05, 0.1) is 24.7 Å². The Balaban J connectivity index is 2.08. The minimum Gasteiger partial charge on any atom is -0.377 e. The van der Waals surface area contributed by atoms with Gasteiger partial charge in [0.1, 0.15) is 0 Å². The Hall–Kier alpha value is -1.39. The highest BCUT2D eigenvalue weighted by Crippen LogP contribution is 2.22. The second-order valence-electron chi connectivity index (χ2n) is 5.98. The average molecular weight is 276 g/mol. The molecule has 1 heterocycles. The van der Waals surface area contributed by atoms with Crippen LogP contribution in [0.1, 0.15) is 19.4 Å². The van der Waals surface area contributed by atoms with Gasteiger partial charge in [0.15, 0.2) is 0 Å². The summed E-state index contributed by atoms with van der Waals surface area (Å²) in [5, 5.41) is 0. The average Bonchev–Trinajstić information content (AvgIpc) is 2.45. The first-order chi connectivity index (χ1) is 9.54. The van der Waals surface area contributed by atoms with Crippen molar-refractivity contribution >= 4 is 5.91 Å². The second kappa shape index (κ2) is 6.37. The molecule has 0 radical (unpaired) electrons. The number of hydrogen-bond acceptors (Lipinski definition) is 3. The van der Waals surface area contributed by atoms with E-state index in [2.05, 4.69) is 0 Å². The zero-order valence-electron chi connectivity index (χ0n) is 12.3. The number of nitrogens with two attached hydrogens (primary N) is 1. The monoisotopic (exact) mass is 276 g/mol. The Morgan fingerprint density at radius 2 is 2.10 bits per heavy atom. The van der Waals surface area contributed by atoms with E-state index in [9.17, 15) is 4.79 Å². The number of morpholine rings is 1. The van der Waals surface area contributed by atoms with Crippen LogP contribution < -0.4 is 5.73 Å². The van der Waals surface area contributed by atoms with E-state index in [0.29, 0.717) is 32.7 Å². The molecule has 0 saturated carbocycles.